The van der Waals surface area contributed by atoms with Crippen LogP contribution in [0.25, 0.3) is 10.2 Å². The number of aryl methyl sites for hydroxylation is 2. The molecule has 1 heterocycles. The van der Waals surface area contributed by atoms with E-state index in [0.717, 1.165) is 20.8 Å². The van der Waals surface area contributed by atoms with Crippen LogP contribution in [0.5, 0.6) is 0 Å². The monoisotopic (exact) mass is 227 g/mol. The predicted molar refractivity (Wildman–Crippen MR) is 58.1 cm³/mol. The normalized spacial score (nSPS) is 13.4. The van der Waals surface area contributed by atoms with Crippen LogP contribution in [0.4, 0.5) is 0 Å². The summed E-state index contributed by atoms with van der Waals surface area (Å²) in [6.07, 6.45) is 0. The zero-order valence-corrected chi connectivity index (χ0v) is 9.41. The van der Waals surface area contributed by atoms with Gasteiger partial charge in [0, 0.05) is 0 Å². The quantitative estimate of drug-likeness (QED) is 0.761. The zero-order chi connectivity index (χ0) is 10.3. The zero-order valence-electron chi connectivity index (χ0n) is 7.77. The maximum absolute atomic E-state index is 10.9. The molecule has 1 aromatic heterocycles. The first-order valence-electron chi connectivity index (χ1n) is 4.06. The van der Waals surface area contributed by atoms with E-state index in [0.29, 0.717) is 4.90 Å². The molecule has 0 aliphatic carbocycles. The van der Waals surface area contributed by atoms with Gasteiger partial charge in [0.05, 0.1) is 20.1 Å². The minimum absolute atomic E-state index is 0.443. The fraction of sp³-hybridized carbons (Fsp3) is 0.222. The summed E-state index contributed by atoms with van der Waals surface area (Å²) in [4.78, 5) is 4.79. The van der Waals surface area contributed by atoms with Crippen LogP contribution in [-0.2, 0) is 11.1 Å². The van der Waals surface area contributed by atoms with Gasteiger partial charge in [0.1, 0.15) is 0 Å². The SMILES string of the molecule is Cc1nc2c(C)cc(S(=O)O)cc2s1. The van der Waals surface area contributed by atoms with Gasteiger partial charge in [0.15, 0.2) is 11.1 Å². The number of thiazole rings is 1. The maximum atomic E-state index is 10.9. The van der Waals surface area contributed by atoms with Gasteiger partial charge < -0.3 is 4.55 Å². The molecule has 0 amide bonds. The van der Waals surface area contributed by atoms with Crippen LogP contribution in [0.1, 0.15) is 10.6 Å². The highest BCUT2D eigenvalue weighted by Crippen LogP contribution is 2.26. The number of benzene rings is 1. The van der Waals surface area contributed by atoms with Crippen LogP contribution < -0.4 is 0 Å². The summed E-state index contributed by atoms with van der Waals surface area (Å²) in [5, 5.41) is 0.976. The first kappa shape index (κ1) is 9.76. The van der Waals surface area contributed by atoms with E-state index in [9.17, 15) is 4.21 Å². The third-order valence-electron chi connectivity index (χ3n) is 1.97. The highest BCUT2D eigenvalue weighted by molar-refractivity contribution is 7.79. The second kappa shape index (κ2) is 3.42. The summed E-state index contributed by atoms with van der Waals surface area (Å²) in [7, 11) is 0. The fourth-order valence-corrected chi connectivity index (χ4v) is 2.89. The highest BCUT2D eigenvalue weighted by atomic mass is 32.2. The van der Waals surface area contributed by atoms with E-state index in [1.54, 1.807) is 23.5 Å². The smallest absolute Gasteiger partial charge is 0.186 e. The average Bonchev–Trinajstić information content (AvgIpc) is 2.45. The molecule has 2 rings (SSSR count). The topological polar surface area (TPSA) is 50.2 Å². The second-order valence-electron chi connectivity index (χ2n) is 3.07. The summed E-state index contributed by atoms with van der Waals surface area (Å²) in [5.41, 5.74) is 1.88. The Balaban J connectivity index is 2.77. The van der Waals surface area contributed by atoms with Crippen LogP contribution >= 0.6 is 11.3 Å². The van der Waals surface area contributed by atoms with Crippen molar-refractivity contribution < 1.29 is 8.76 Å². The Hall–Kier alpha value is -0.780. The Bertz CT molecular complexity index is 519. The molecule has 0 bridgehead atoms. The maximum Gasteiger partial charge on any atom is 0.186 e. The molecular weight excluding hydrogens is 218 g/mol. The summed E-state index contributed by atoms with van der Waals surface area (Å²) < 4.78 is 20.8. The number of hydrogen-bond donors (Lipinski definition) is 1. The third-order valence-corrected chi connectivity index (χ3v) is 3.52. The molecule has 0 aliphatic rings. The van der Waals surface area contributed by atoms with Crippen molar-refractivity contribution in [2.75, 3.05) is 0 Å². The van der Waals surface area contributed by atoms with Crippen molar-refractivity contribution >= 4 is 32.6 Å². The summed E-state index contributed by atoms with van der Waals surface area (Å²) >= 11 is -0.366. The second-order valence-corrected chi connectivity index (χ2v) is 5.27. The largest absolute Gasteiger partial charge is 0.302 e. The van der Waals surface area contributed by atoms with E-state index < -0.39 is 11.1 Å². The van der Waals surface area contributed by atoms with Crippen molar-refractivity contribution in [1.29, 1.82) is 0 Å². The molecule has 0 aliphatic heterocycles. The van der Waals surface area contributed by atoms with Crippen molar-refractivity contribution in [2.45, 2.75) is 18.7 Å². The van der Waals surface area contributed by atoms with Gasteiger partial charge in [-0.05, 0) is 31.5 Å². The van der Waals surface area contributed by atoms with Crippen LogP contribution in [0.2, 0.25) is 0 Å². The number of aromatic nitrogens is 1. The van der Waals surface area contributed by atoms with Crippen LogP contribution in [0.3, 0.4) is 0 Å². The van der Waals surface area contributed by atoms with Crippen molar-refractivity contribution in [3.63, 3.8) is 0 Å². The number of rotatable bonds is 1. The molecule has 14 heavy (non-hydrogen) atoms. The van der Waals surface area contributed by atoms with Crippen LogP contribution in [0, 0.1) is 13.8 Å². The molecule has 0 fully saturated rings. The van der Waals surface area contributed by atoms with Crippen molar-refractivity contribution in [3.05, 3.63) is 22.7 Å². The van der Waals surface area contributed by atoms with Gasteiger partial charge in [-0.1, -0.05) is 0 Å². The van der Waals surface area contributed by atoms with Crippen molar-refractivity contribution in [2.24, 2.45) is 0 Å². The predicted octanol–water partition coefficient (Wildman–Crippen LogP) is 2.49. The number of hydrogen-bond acceptors (Lipinski definition) is 3. The highest BCUT2D eigenvalue weighted by Gasteiger charge is 2.08. The van der Waals surface area contributed by atoms with E-state index in [1.165, 1.54) is 0 Å². The molecule has 2 aromatic rings. The minimum atomic E-state index is -1.91. The van der Waals surface area contributed by atoms with Crippen LogP contribution in [-0.4, -0.2) is 13.7 Å². The van der Waals surface area contributed by atoms with Crippen molar-refractivity contribution in [3.8, 4) is 0 Å². The van der Waals surface area contributed by atoms with E-state index in [4.69, 9.17) is 4.55 Å². The molecule has 0 saturated carbocycles. The van der Waals surface area contributed by atoms with E-state index in [1.807, 2.05) is 13.8 Å². The minimum Gasteiger partial charge on any atom is -0.302 e. The number of nitrogens with zero attached hydrogens (tertiary/aromatic N) is 1. The molecule has 1 atom stereocenters. The average molecular weight is 227 g/mol. The van der Waals surface area contributed by atoms with Gasteiger partial charge in [0.25, 0.3) is 0 Å². The summed E-state index contributed by atoms with van der Waals surface area (Å²) in [6.45, 7) is 3.83. The van der Waals surface area contributed by atoms with Gasteiger partial charge in [-0.2, -0.15) is 0 Å². The Morgan fingerprint density at radius 1 is 1.43 bits per heavy atom. The fourth-order valence-electron chi connectivity index (χ4n) is 1.38. The van der Waals surface area contributed by atoms with Gasteiger partial charge in [-0.15, -0.1) is 11.3 Å². The first-order valence-corrected chi connectivity index (χ1v) is 5.99. The molecule has 0 radical (unpaired) electrons. The van der Waals surface area contributed by atoms with Crippen LogP contribution in [0.15, 0.2) is 17.0 Å². The van der Waals surface area contributed by atoms with E-state index >= 15 is 0 Å². The molecule has 3 nitrogen and oxygen atoms in total. The first-order chi connectivity index (χ1) is 6.58. The van der Waals surface area contributed by atoms with Gasteiger partial charge in [0.2, 0.25) is 0 Å². The van der Waals surface area contributed by atoms with Gasteiger partial charge in [-0.25, -0.2) is 9.19 Å². The lowest BCUT2D eigenvalue weighted by Gasteiger charge is -1.98. The summed E-state index contributed by atoms with van der Waals surface area (Å²) in [6, 6.07) is 3.43. The lowest BCUT2D eigenvalue weighted by molar-refractivity contribution is 0.564. The molecule has 0 spiro atoms. The molecule has 74 valence electrons. The molecule has 5 heteroatoms. The Labute approximate surface area is 88.1 Å². The molecule has 0 saturated heterocycles. The van der Waals surface area contributed by atoms with Gasteiger partial charge >= 0.3 is 0 Å². The van der Waals surface area contributed by atoms with E-state index in [-0.39, 0.29) is 0 Å². The lowest BCUT2D eigenvalue weighted by Crippen LogP contribution is -1.89. The molecule has 1 N–H and O–H groups in total. The summed E-state index contributed by atoms with van der Waals surface area (Å²) in [5.74, 6) is 0. The molecule has 1 unspecified atom stereocenters. The Kier molecular flexibility index (Phi) is 2.38. The Morgan fingerprint density at radius 3 is 2.79 bits per heavy atom. The van der Waals surface area contributed by atoms with Crippen molar-refractivity contribution in [1.82, 2.24) is 4.98 Å². The third kappa shape index (κ3) is 1.58. The van der Waals surface area contributed by atoms with E-state index in [2.05, 4.69) is 4.98 Å². The Morgan fingerprint density at radius 2 is 2.14 bits per heavy atom. The number of fused-ring (bicyclic) bond motifs is 1. The lowest BCUT2D eigenvalue weighted by atomic mass is 10.2. The van der Waals surface area contributed by atoms with Gasteiger partial charge in [-0.3, -0.25) is 0 Å². The molecule has 1 aromatic carbocycles. The standard InChI is InChI=1S/C9H9NO2S2/c1-5-3-7(14(11)12)4-8-9(5)10-6(2)13-8/h3-4H,1-2H3,(H,11,12). The molecular formula is C9H9NO2S2.